The maximum atomic E-state index is 10.9. The van der Waals surface area contributed by atoms with E-state index in [4.69, 9.17) is 0 Å². The van der Waals surface area contributed by atoms with Gasteiger partial charge in [0.05, 0.1) is 6.10 Å². The molecule has 0 aromatic carbocycles. The van der Waals surface area contributed by atoms with Gasteiger partial charge in [-0.05, 0) is 61.7 Å². The van der Waals surface area contributed by atoms with Crippen LogP contribution in [0.15, 0.2) is 0 Å². The monoisotopic (exact) mass is 278 g/mol. The minimum absolute atomic E-state index is 0.0206. The topological polar surface area (TPSA) is 20.2 Å². The van der Waals surface area contributed by atoms with E-state index in [1.807, 2.05) is 0 Å². The molecular weight excluding hydrogens is 244 g/mol. The highest BCUT2D eigenvalue weighted by Crippen LogP contribution is 2.46. The standard InChI is InChI=1S/C19H34O/c1-2-14-6-5-9-17(12-14)19(20)18-11-10-15-7-3-4-8-16(15)13-18/h14-20H,2-13H2,1H3. The van der Waals surface area contributed by atoms with Crippen molar-refractivity contribution in [1.82, 2.24) is 0 Å². The third-order valence-electron chi connectivity index (χ3n) is 6.95. The number of fused-ring (bicyclic) bond motifs is 1. The van der Waals surface area contributed by atoms with Gasteiger partial charge in [0.2, 0.25) is 0 Å². The largest absolute Gasteiger partial charge is 0.393 e. The minimum Gasteiger partial charge on any atom is -0.393 e. The Kier molecular flexibility index (Phi) is 5.07. The van der Waals surface area contributed by atoms with E-state index < -0.39 is 0 Å². The molecule has 6 atom stereocenters. The van der Waals surface area contributed by atoms with Crippen LogP contribution in [0.3, 0.4) is 0 Å². The molecule has 0 saturated heterocycles. The van der Waals surface area contributed by atoms with Crippen molar-refractivity contribution in [2.45, 2.75) is 90.1 Å². The summed E-state index contributed by atoms with van der Waals surface area (Å²) < 4.78 is 0. The molecule has 3 rings (SSSR count). The zero-order chi connectivity index (χ0) is 13.9. The molecule has 6 unspecified atom stereocenters. The maximum Gasteiger partial charge on any atom is 0.0596 e. The van der Waals surface area contributed by atoms with Gasteiger partial charge in [-0.1, -0.05) is 51.9 Å². The molecule has 0 spiro atoms. The molecule has 3 aliphatic carbocycles. The molecule has 0 radical (unpaired) electrons. The zero-order valence-electron chi connectivity index (χ0n) is 13.4. The smallest absolute Gasteiger partial charge is 0.0596 e. The molecule has 0 heterocycles. The second-order valence-electron chi connectivity index (χ2n) is 8.07. The van der Waals surface area contributed by atoms with Crippen molar-refractivity contribution in [3.05, 3.63) is 0 Å². The summed E-state index contributed by atoms with van der Waals surface area (Å²) in [6.45, 7) is 2.33. The fraction of sp³-hybridized carbons (Fsp3) is 1.00. The fourth-order valence-electron chi connectivity index (χ4n) is 5.62. The van der Waals surface area contributed by atoms with Crippen LogP contribution >= 0.6 is 0 Å². The first-order valence-corrected chi connectivity index (χ1v) is 9.46. The van der Waals surface area contributed by atoms with Gasteiger partial charge in [-0.25, -0.2) is 0 Å². The van der Waals surface area contributed by atoms with Gasteiger partial charge in [-0.2, -0.15) is 0 Å². The molecule has 3 saturated carbocycles. The molecule has 0 aliphatic heterocycles. The van der Waals surface area contributed by atoms with Crippen LogP contribution in [0.4, 0.5) is 0 Å². The first-order chi connectivity index (χ1) is 9.78. The van der Waals surface area contributed by atoms with Crippen molar-refractivity contribution in [2.75, 3.05) is 0 Å². The highest BCUT2D eigenvalue weighted by Gasteiger charge is 2.38. The summed E-state index contributed by atoms with van der Waals surface area (Å²) in [7, 11) is 0. The van der Waals surface area contributed by atoms with E-state index in [0.717, 1.165) is 17.8 Å². The highest BCUT2D eigenvalue weighted by molar-refractivity contribution is 4.89. The molecule has 0 aromatic rings. The van der Waals surface area contributed by atoms with Gasteiger partial charge in [-0.15, -0.1) is 0 Å². The molecule has 20 heavy (non-hydrogen) atoms. The van der Waals surface area contributed by atoms with E-state index in [0.29, 0.717) is 11.8 Å². The van der Waals surface area contributed by atoms with Crippen LogP contribution in [0.2, 0.25) is 0 Å². The van der Waals surface area contributed by atoms with E-state index in [1.165, 1.54) is 77.0 Å². The van der Waals surface area contributed by atoms with E-state index in [1.54, 1.807) is 0 Å². The minimum atomic E-state index is 0.0206. The molecular formula is C19H34O. The predicted octanol–water partition coefficient (Wildman–Crippen LogP) is 5.17. The average molecular weight is 278 g/mol. The van der Waals surface area contributed by atoms with Gasteiger partial charge in [0.25, 0.3) is 0 Å². The summed E-state index contributed by atoms with van der Waals surface area (Å²) in [5.41, 5.74) is 0. The van der Waals surface area contributed by atoms with Crippen LogP contribution in [0.5, 0.6) is 0 Å². The van der Waals surface area contributed by atoms with Crippen LogP contribution in [-0.2, 0) is 0 Å². The molecule has 3 aliphatic rings. The summed E-state index contributed by atoms with van der Waals surface area (Å²) in [5, 5.41) is 10.9. The summed E-state index contributed by atoms with van der Waals surface area (Å²) in [4.78, 5) is 0. The predicted molar refractivity (Wildman–Crippen MR) is 84.5 cm³/mol. The van der Waals surface area contributed by atoms with Gasteiger partial charge in [0, 0.05) is 0 Å². The average Bonchev–Trinajstić information content (AvgIpc) is 2.53. The third-order valence-corrected chi connectivity index (χ3v) is 6.95. The Morgan fingerprint density at radius 2 is 1.55 bits per heavy atom. The highest BCUT2D eigenvalue weighted by atomic mass is 16.3. The van der Waals surface area contributed by atoms with Crippen molar-refractivity contribution in [3.8, 4) is 0 Å². The molecule has 0 aromatic heterocycles. The molecule has 3 fully saturated rings. The zero-order valence-corrected chi connectivity index (χ0v) is 13.4. The SMILES string of the molecule is CCC1CCCC(C(O)C2CCC3CCCCC3C2)C1. The fourth-order valence-corrected chi connectivity index (χ4v) is 5.62. The van der Waals surface area contributed by atoms with Gasteiger partial charge in [0.15, 0.2) is 0 Å². The lowest BCUT2D eigenvalue weighted by atomic mass is 9.64. The van der Waals surface area contributed by atoms with Crippen molar-refractivity contribution in [2.24, 2.45) is 29.6 Å². The Morgan fingerprint density at radius 3 is 2.35 bits per heavy atom. The normalized spacial score (nSPS) is 43.8. The van der Waals surface area contributed by atoms with E-state index in [2.05, 4.69) is 6.92 Å². The summed E-state index contributed by atoms with van der Waals surface area (Å²) in [6, 6.07) is 0. The van der Waals surface area contributed by atoms with E-state index in [-0.39, 0.29) is 6.10 Å². The van der Waals surface area contributed by atoms with Crippen molar-refractivity contribution >= 4 is 0 Å². The first kappa shape index (κ1) is 14.9. The molecule has 0 bridgehead atoms. The van der Waals surface area contributed by atoms with Gasteiger partial charge in [-0.3, -0.25) is 0 Å². The maximum absolute atomic E-state index is 10.9. The van der Waals surface area contributed by atoms with Crippen LogP contribution in [0.1, 0.15) is 84.0 Å². The first-order valence-electron chi connectivity index (χ1n) is 9.46. The van der Waals surface area contributed by atoms with Crippen molar-refractivity contribution < 1.29 is 5.11 Å². The number of hydrogen-bond donors (Lipinski definition) is 1. The number of aliphatic hydroxyl groups is 1. The lowest BCUT2D eigenvalue weighted by Crippen LogP contribution is -2.38. The Morgan fingerprint density at radius 1 is 0.800 bits per heavy atom. The molecule has 1 nitrogen and oxygen atoms in total. The Labute approximate surface area is 125 Å². The molecule has 0 amide bonds. The van der Waals surface area contributed by atoms with E-state index in [9.17, 15) is 5.11 Å². The quantitative estimate of drug-likeness (QED) is 0.755. The second-order valence-corrected chi connectivity index (χ2v) is 8.07. The summed E-state index contributed by atoms with van der Waals surface area (Å²) in [5.74, 6) is 4.13. The van der Waals surface area contributed by atoms with Crippen LogP contribution in [0.25, 0.3) is 0 Å². The lowest BCUT2D eigenvalue weighted by molar-refractivity contribution is -0.0162. The van der Waals surface area contributed by atoms with Gasteiger partial charge < -0.3 is 5.11 Å². The number of hydrogen-bond acceptors (Lipinski definition) is 1. The molecule has 1 N–H and O–H groups in total. The van der Waals surface area contributed by atoms with Crippen molar-refractivity contribution in [1.29, 1.82) is 0 Å². The number of aliphatic hydroxyl groups excluding tert-OH is 1. The van der Waals surface area contributed by atoms with Crippen molar-refractivity contribution in [3.63, 3.8) is 0 Å². The van der Waals surface area contributed by atoms with Gasteiger partial charge in [0.1, 0.15) is 0 Å². The summed E-state index contributed by atoms with van der Waals surface area (Å²) in [6.07, 6.45) is 16.6. The lowest BCUT2D eigenvalue weighted by Gasteiger charge is -2.43. The second kappa shape index (κ2) is 6.81. The third kappa shape index (κ3) is 3.24. The van der Waals surface area contributed by atoms with Crippen LogP contribution in [0, 0.1) is 29.6 Å². The van der Waals surface area contributed by atoms with Crippen LogP contribution in [-0.4, -0.2) is 11.2 Å². The Hall–Kier alpha value is -0.0400. The van der Waals surface area contributed by atoms with E-state index >= 15 is 0 Å². The van der Waals surface area contributed by atoms with Crippen LogP contribution < -0.4 is 0 Å². The summed E-state index contributed by atoms with van der Waals surface area (Å²) >= 11 is 0. The Balaban J connectivity index is 1.55. The Bertz CT molecular complexity index is 300. The molecule has 116 valence electrons. The molecule has 1 heteroatoms. The van der Waals surface area contributed by atoms with Gasteiger partial charge >= 0.3 is 0 Å². The number of rotatable bonds is 3.